The first-order chi connectivity index (χ1) is 5.72. The zero-order chi connectivity index (χ0) is 8.97. The Bertz CT molecular complexity index is 292. The van der Waals surface area contributed by atoms with Crippen molar-refractivity contribution < 1.29 is 4.42 Å². The molecular formula is C6H8N4OS. The third kappa shape index (κ3) is 2.53. The average Bonchev–Trinajstić information content (AvgIpc) is 2.47. The third-order valence-corrected chi connectivity index (χ3v) is 2.00. The van der Waals surface area contributed by atoms with Gasteiger partial charge in [0.25, 0.3) is 5.22 Å². The number of nitrogens with zero attached hydrogens (tertiary/aromatic N) is 3. The van der Waals surface area contributed by atoms with Gasteiger partial charge < -0.3 is 10.2 Å². The van der Waals surface area contributed by atoms with Crippen molar-refractivity contribution in [3.63, 3.8) is 0 Å². The maximum absolute atomic E-state index is 8.36. The van der Waals surface area contributed by atoms with Gasteiger partial charge in [0.15, 0.2) is 0 Å². The largest absolute Gasteiger partial charge is 0.416 e. The van der Waals surface area contributed by atoms with E-state index in [4.69, 9.17) is 15.4 Å². The lowest BCUT2D eigenvalue weighted by atomic mass is 10.4. The quantitative estimate of drug-likeness (QED) is 0.680. The van der Waals surface area contributed by atoms with Gasteiger partial charge in [0.2, 0.25) is 5.89 Å². The lowest BCUT2D eigenvalue weighted by Gasteiger charge is -1.96. The molecule has 0 radical (unpaired) electrons. The molecule has 0 amide bonds. The molecule has 0 aliphatic rings. The molecule has 2 N–H and O–H groups in total. The molecule has 0 spiro atoms. The lowest BCUT2D eigenvalue weighted by Crippen LogP contribution is -2.19. The lowest BCUT2D eigenvalue weighted by molar-refractivity contribution is 0.429. The second-order valence-electron chi connectivity index (χ2n) is 2.13. The highest BCUT2D eigenvalue weighted by Gasteiger charge is 2.06. The van der Waals surface area contributed by atoms with Crippen LogP contribution in [-0.4, -0.2) is 22.0 Å². The van der Waals surface area contributed by atoms with Crippen molar-refractivity contribution in [2.24, 2.45) is 5.73 Å². The Morgan fingerprint density at radius 1 is 1.75 bits per heavy atom. The Morgan fingerprint density at radius 2 is 2.50 bits per heavy atom. The van der Waals surface area contributed by atoms with Gasteiger partial charge in [-0.3, -0.25) is 0 Å². The summed E-state index contributed by atoms with van der Waals surface area (Å²) in [5, 5.41) is 16.2. The van der Waals surface area contributed by atoms with Gasteiger partial charge in [0, 0.05) is 12.7 Å². The molecule has 6 heteroatoms. The first-order valence-electron chi connectivity index (χ1n) is 3.30. The van der Waals surface area contributed by atoms with E-state index >= 15 is 0 Å². The molecule has 0 saturated carbocycles. The second-order valence-corrected chi connectivity index (χ2v) is 3.10. The van der Waals surface area contributed by atoms with Crippen LogP contribution in [0.3, 0.4) is 0 Å². The van der Waals surface area contributed by atoms with Crippen molar-refractivity contribution >= 4 is 11.8 Å². The monoisotopic (exact) mass is 184 g/mol. The number of rotatable bonds is 3. The molecule has 5 nitrogen and oxygen atoms in total. The summed E-state index contributed by atoms with van der Waals surface area (Å²) in [7, 11) is 0. The van der Waals surface area contributed by atoms with Crippen molar-refractivity contribution in [2.45, 2.75) is 18.2 Å². The van der Waals surface area contributed by atoms with E-state index in [-0.39, 0.29) is 0 Å². The van der Waals surface area contributed by atoms with Crippen LogP contribution in [0, 0.1) is 18.3 Å². The normalized spacial score (nSPS) is 12.4. The summed E-state index contributed by atoms with van der Waals surface area (Å²) in [5.41, 5.74) is 5.36. The number of aryl methyl sites for hydroxylation is 1. The van der Waals surface area contributed by atoms with E-state index < -0.39 is 6.04 Å². The summed E-state index contributed by atoms with van der Waals surface area (Å²) in [5.74, 6) is 0.987. The van der Waals surface area contributed by atoms with Crippen LogP contribution < -0.4 is 5.73 Å². The number of nitrogens with two attached hydrogens (primary N) is 1. The van der Waals surface area contributed by atoms with Gasteiger partial charge in [-0.05, 0) is 0 Å². The van der Waals surface area contributed by atoms with Gasteiger partial charge in [0.1, 0.15) is 6.04 Å². The Kier molecular flexibility index (Phi) is 3.08. The van der Waals surface area contributed by atoms with E-state index in [2.05, 4.69) is 10.2 Å². The molecule has 1 atom stereocenters. The SMILES string of the molecule is Cc1nnc(SCC(N)C#N)o1. The molecular weight excluding hydrogens is 176 g/mol. The minimum absolute atomic E-state index is 0.457. The van der Waals surface area contributed by atoms with E-state index in [1.165, 1.54) is 11.8 Å². The summed E-state index contributed by atoms with van der Waals surface area (Å²) in [4.78, 5) is 0. The molecule has 1 heterocycles. The molecule has 0 aliphatic heterocycles. The first-order valence-corrected chi connectivity index (χ1v) is 4.29. The van der Waals surface area contributed by atoms with E-state index in [1.54, 1.807) is 6.92 Å². The third-order valence-electron chi connectivity index (χ3n) is 1.06. The number of thioether (sulfide) groups is 1. The Balaban J connectivity index is 2.39. The standard InChI is InChI=1S/C6H8N4OS/c1-4-9-10-6(11-4)12-3-5(8)2-7/h5H,3,8H2,1H3. The zero-order valence-electron chi connectivity index (χ0n) is 6.52. The number of nitriles is 1. The van der Waals surface area contributed by atoms with Crippen LogP contribution in [0.2, 0.25) is 0 Å². The molecule has 0 bridgehead atoms. The van der Waals surface area contributed by atoms with Crippen molar-refractivity contribution in [1.82, 2.24) is 10.2 Å². The van der Waals surface area contributed by atoms with Crippen LogP contribution in [0.15, 0.2) is 9.64 Å². The van der Waals surface area contributed by atoms with Gasteiger partial charge >= 0.3 is 0 Å². The minimum Gasteiger partial charge on any atom is -0.416 e. The molecule has 0 saturated heterocycles. The Labute approximate surface area is 73.9 Å². The Hall–Kier alpha value is -1.06. The van der Waals surface area contributed by atoms with Crippen molar-refractivity contribution in [2.75, 3.05) is 5.75 Å². The predicted octanol–water partition coefficient (Wildman–Crippen LogP) is 0.321. The average molecular weight is 184 g/mol. The van der Waals surface area contributed by atoms with Gasteiger partial charge in [-0.25, -0.2) is 0 Å². The fourth-order valence-electron chi connectivity index (χ4n) is 0.535. The summed E-state index contributed by atoms with van der Waals surface area (Å²) in [6.45, 7) is 1.71. The maximum Gasteiger partial charge on any atom is 0.276 e. The summed E-state index contributed by atoms with van der Waals surface area (Å²) < 4.78 is 5.05. The molecule has 1 rings (SSSR count). The fourth-order valence-corrected chi connectivity index (χ4v) is 1.21. The molecule has 0 aliphatic carbocycles. The first kappa shape index (κ1) is 9.03. The van der Waals surface area contributed by atoms with E-state index in [9.17, 15) is 0 Å². The fraction of sp³-hybridized carbons (Fsp3) is 0.500. The van der Waals surface area contributed by atoms with Crippen LogP contribution >= 0.6 is 11.8 Å². The molecule has 12 heavy (non-hydrogen) atoms. The number of aromatic nitrogens is 2. The molecule has 1 aromatic heterocycles. The van der Waals surface area contributed by atoms with Crippen molar-refractivity contribution in [3.8, 4) is 6.07 Å². The molecule has 1 unspecified atom stereocenters. The number of hydrogen-bond donors (Lipinski definition) is 1. The summed E-state index contributed by atoms with van der Waals surface area (Å²) in [6, 6.07) is 1.42. The maximum atomic E-state index is 8.36. The topological polar surface area (TPSA) is 88.7 Å². The van der Waals surface area contributed by atoms with Crippen molar-refractivity contribution in [3.05, 3.63) is 5.89 Å². The highest BCUT2D eigenvalue weighted by atomic mass is 32.2. The highest BCUT2D eigenvalue weighted by Crippen LogP contribution is 2.15. The number of hydrogen-bond acceptors (Lipinski definition) is 6. The van der Waals surface area contributed by atoms with Crippen LogP contribution in [-0.2, 0) is 0 Å². The smallest absolute Gasteiger partial charge is 0.276 e. The molecule has 1 aromatic rings. The summed E-state index contributed by atoms with van der Waals surface area (Å²) >= 11 is 1.29. The van der Waals surface area contributed by atoms with Crippen LogP contribution in [0.4, 0.5) is 0 Å². The van der Waals surface area contributed by atoms with Crippen LogP contribution in [0.1, 0.15) is 5.89 Å². The summed E-state index contributed by atoms with van der Waals surface area (Å²) in [6.07, 6.45) is 0. The highest BCUT2D eigenvalue weighted by molar-refractivity contribution is 7.99. The van der Waals surface area contributed by atoms with Crippen molar-refractivity contribution in [1.29, 1.82) is 5.26 Å². The van der Waals surface area contributed by atoms with Gasteiger partial charge in [-0.1, -0.05) is 11.8 Å². The molecule has 0 aromatic carbocycles. The molecule has 64 valence electrons. The zero-order valence-corrected chi connectivity index (χ0v) is 7.34. The van der Waals surface area contributed by atoms with E-state index in [0.29, 0.717) is 16.9 Å². The van der Waals surface area contributed by atoms with E-state index in [1.807, 2.05) is 6.07 Å². The van der Waals surface area contributed by atoms with Crippen LogP contribution in [0.25, 0.3) is 0 Å². The molecule has 0 fully saturated rings. The van der Waals surface area contributed by atoms with E-state index in [0.717, 1.165) is 0 Å². The minimum atomic E-state index is -0.484. The van der Waals surface area contributed by atoms with Gasteiger partial charge in [0.05, 0.1) is 6.07 Å². The second kappa shape index (κ2) is 4.09. The predicted molar refractivity (Wildman–Crippen MR) is 43.3 cm³/mol. The van der Waals surface area contributed by atoms with Gasteiger partial charge in [-0.15, -0.1) is 10.2 Å². The Morgan fingerprint density at radius 3 is 3.00 bits per heavy atom. The van der Waals surface area contributed by atoms with Gasteiger partial charge in [-0.2, -0.15) is 5.26 Å². The van der Waals surface area contributed by atoms with Crippen LogP contribution in [0.5, 0.6) is 0 Å².